The van der Waals surface area contributed by atoms with Crippen LogP contribution < -0.4 is 0 Å². The molecule has 3 heterocycles. The summed E-state index contributed by atoms with van der Waals surface area (Å²) in [7, 11) is 0. The second-order valence-electron chi connectivity index (χ2n) is 5.50. The highest BCUT2D eigenvalue weighted by Gasteiger charge is 2.08. The maximum absolute atomic E-state index is 9.94. The number of hydrogen-bond acceptors (Lipinski definition) is 4. The quantitative estimate of drug-likeness (QED) is 0.594. The first-order valence-electron chi connectivity index (χ1n) is 7.34. The SMILES string of the molecule is Cc1cn2c(/C=C/c3ccc4cccc(O)c4n3)c(C)nc2s1. The number of aryl methyl sites for hydroxylation is 2. The van der Waals surface area contributed by atoms with E-state index in [-0.39, 0.29) is 5.75 Å². The Bertz CT molecular complexity index is 1060. The number of imidazole rings is 1. The summed E-state index contributed by atoms with van der Waals surface area (Å²) < 4.78 is 2.10. The molecule has 5 heteroatoms. The van der Waals surface area contributed by atoms with Crippen LogP contribution in [0.5, 0.6) is 5.75 Å². The molecule has 1 N–H and O–H groups in total. The topological polar surface area (TPSA) is 50.4 Å². The maximum Gasteiger partial charge on any atom is 0.194 e. The van der Waals surface area contributed by atoms with E-state index in [1.54, 1.807) is 17.4 Å². The van der Waals surface area contributed by atoms with Crippen molar-refractivity contribution in [3.8, 4) is 5.75 Å². The van der Waals surface area contributed by atoms with Crippen LogP contribution in [-0.2, 0) is 0 Å². The van der Waals surface area contributed by atoms with Gasteiger partial charge in [0.15, 0.2) is 4.96 Å². The average molecular weight is 321 g/mol. The summed E-state index contributed by atoms with van der Waals surface area (Å²) in [6.07, 6.45) is 6.07. The molecule has 3 aromatic heterocycles. The lowest BCUT2D eigenvalue weighted by Crippen LogP contribution is -1.86. The van der Waals surface area contributed by atoms with Gasteiger partial charge in [0.05, 0.1) is 17.1 Å². The van der Waals surface area contributed by atoms with Gasteiger partial charge in [0.25, 0.3) is 0 Å². The summed E-state index contributed by atoms with van der Waals surface area (Å²) in [4.78, 5) is 11.3. The van der Waals surface area contributed by atoms with E-state index in [0.29, 0.717) is 5.52 Å². The fourth-order valence-electron chi connectivity index (χ4n) is 2.69. The molecule has 4 rings (SSSR count). The second-order valence-corrected chi connectivity index (χ2v) is 6.71. The van der Waals surface area contributed by atoms with Crippen LogP contribution in [0.2, 0.25) is 0 Å². The molecule has 0 aliphatic rings. The third-order valence-corrected chi connectivity index (χ3v) is 4.69. The lowest BCUT2D eigenvalue weighted by Gasteiger charge is -2.01. The highest BCUT2D eigenvalue weighted by Crippen LogP contribution is 2.24. The Morgan fingerprint density at radius 3 is 2.83 bits per heavy atom. The third kappa shape index (κ3) is 2.39. The molecule has 4 aromatic rings. The Balaban J connectivity index is 1.78. The minimum atomic E-state index is 0.203. The van der Waals surface area contributed by atoms with Crippen molar-refractivity contribution < 1.29 is 5.11 Å². The molecule has 0 spiro atoms. The van der Waals surface area contributed by atoms with Gasteiger partial charge in [0.1, 0.15) is 11.3 Å². The number of phenolic OH excluding ortho intramolecular Hbond substituents is 1. The summed E-state index contributed by atoms with van der Waals surface area (Å²) in [5, 5.41) is 10.9. The number of benzene rings is 1. The zero-order valence-electron chi connectivity index (χ0n) is 12.8. The van der Waals surface area contributed by atoms with Crippen molar-refractivity contribution in [1.29, 1.82) is 0 Å². The Kier molecular flexibility index (Phi) is 3.16. The molecule has 0 amide bonds. The molecule has 0 atom stereocenters. The molecule has 23 heavy (non-hydrogen) atoms. The van der Waals surface area contributed by atoms with Gasteiger partial charge in [-0.25, -0.2) is 9.97 Å². The summed E-state index contributed by atoms with van der Waals surface area (Å²) in [6.45, 7) is 4.09. The molecule has 0 saturated carbocycles. The molecule has 4 nitrogen and oxygen atoms in total. The third-order valence-electron chi connectivity index (χ3n) is 3.80. The van der Waals surface area contributed by atoms with Gasteiger partial charge in [-0.05, 0) is 38.1 Å². The molecule has 0 saturated heterocycles. The smallest absolute Gasteiger partial charge is 0.194 e. The van der Waals surface area contributed by atoms with Gasteiger partial charge in [0, 0.05) is 16.5 Å². The predicted octanol–water partition coefficient (Wildman–Crippen LogP) is 4.44. The second kappa shape index (κ2) is 5.21. The largest absolute Gasteiger partial charge is 0.506 e. The van der Waals surface area contributed by atoms with E-state index in [9.17, 15) is 5.11 Å². The van der Waals surface area contributed by atoms with Crippen molar-refractivity contribution >= 4 is 39.4 Å². The van der Waals surface area contributed by atoms with Crippen molar-refractivity contribution in [2.75, 3.05) is 0 Å². The number of nitrogens with zero attached hydrogens (tertiary/aromatic N) is 3. The predicted molar refractivity (Wildman–Crippen MR) is 94.9 cm³/mol. The van der Waals surface area contributed by atoms with E-state index in [0.717, 1.165) is 27.4 Å². The van der Waals surface area contributed by atoms with Gasteiger partial charge in [-0.1, -0.05) is 18.2 Å². The first kappa shape index (κ1) is 14.0. The van der Waals surface area contributed by atoms with Gasteiger partial charge in [0.2, 0.25) is 0 Å². The van der Waals surface area contributed by atoms with E-state index in [2.05, 4.69) is 27.5 Å². The van der Waals surface area contributed by atoms with Gasteiger partial charge in [-0.15, -0.1) is 11.3 Å². The normalized spacial score (nSPS) is 11.9. The number of para-hydroxylation sites is 1. The highest BCUT2D eigenvalue weighted by molar-refractivity contribution is 7.17. The maximum atomic E-state index is 9.94. The van der Waals surface area contributed by atoms with Crippen molar-refractivity contribution in [3.63, 3.8) is 0 Å². The molecule has 0 bridgehead atoms. The monoisotopic (exact) mass is 321 g/mol. The van der Waals surface area contributed by atoms with Crippen LogP contribution in [0.1, 0.15) is 22.0 Å². The Labute approximate surface area is 137 Å². The van der Waals surface area contributed by atoms with Crippen molar-refractivity contribution in [2.45, 2.75) is 13.8 Å². The van der Waals surface area contributed by atoms with Gasteiger partial charge >= 0.3 is 0 Å². The summed E-state index contributed by atoms with van der Waals surface area (Å²) >= 11 is 1.68. The number of fused-ring (bicyclic) bond motifs is 2. The Morgan fingerprint density at radius 2 is 1.96 bits per heavy atom. The molecular weight excluding hydrogens is 306 g/mol. The average Bonchev–Trinajstić information content (AvgIpc) is 3.01. The van der Waals surface area contributed by atoms with Crippen LogP contribution in [-0.4, -0.2) is 19.5 Å². The van der Waals surface area contributed by atoms with Gasteiger partial charge in [-0.3, -0.25) is 4.40 Å². The van der Waals surface area contributed by atoms with E-state index < -0.39 is 0 Å². The molecule has 0 aliphatic carbocycles. The minimum absolute atomic E-state index is 0.203. The van der Waals surface area contributed by atoms with E-state index in [1.165, 1.54) is 4.88 Å². The molecule has 114 valence electrons. The van der Waals surface area contributed by atoms with Crippen LogP contribution in [0.25, 0.3) is 28.0 Å². The van der Waals surface area contributed by atoms with Gasteiger partial charge in [-0.2, -0.15) is 0 Å². The standard InChI is InChI=1S/C18H15N3OS/c1-11-10-21-15(12(2)19-18(21)23-11)9-8-14-7-6-13-4-3-5-16(22)17(13)20-14/h3-10,22H,1-2H3/b9-8+. The summed E-state index contributed by atoms with van der Waals surface area (Å²) in [6, 6.07) is 9.33. The molecule has 0 aliphatic heterocycles. The number of rotatable bonds is 2. The van der Waals surface area contributed by atoms with Crippen LogP contribution in [0.15, 0.2) is 36.5 Å². The fourth-order valence-corrected chi connectivity index (χ4v) is 3.56. The Morgan fingerprint density at radius 1 is 1.09 bits per heavy atom. The van der Waals surface area contributed by atoms with Crippen LogP contribution in [0, 0.1) is 13.8 Å². The lowest BCUT2D eigenvalue weighted by molar-refractivity contribution is 0.480. The van der Waals surface area contributed by atoms with Gasteiger partial charge < -0.3 is 5.11 Å². The van der Waals surface area contributed by atoms with Crippen molar-refractivity contribution in [2.24, 2.45) is 0 Å². The van der Waals surface area contributed by atoms with E-state index in [4.69, 9.17) is 0 Å². The summed E-state index contributed by atoms with van der Waals surface area (Å²) in [5.74, 6) is 0.203. The zero-order chi connectivity index (χ0) is 16.0. The highest BCUT2D eigenvalue weighted by atomic mass is 32.1. The number of aromatic hydroxyl groups is 1. The molecule has 0 radical (unpaired) electrons. The van der Waals surface area contributed by atoms with E-state index >= 15 is 0 Å². The number of aromatic nitrogens is 3. The first-order chi connectivity index (χ1) is 11.1. The zero-order valence-corrected chi connectivity index (χ0v) is 13.6. The summed E-state index contributed by atoms with van der Waals surface area (Å²) in [5.41, 5.74) is 3.48. The van der Waals surface area contributed by atoms with Crippen molar-refractivity contribution in [3.05, 3.63) is 58.5 Å². The minimum Gasteiger partial charge on any atom is -0.506 e. The van der Waals surface area contributed by atoms with Crippen LogP contribution >= 0.6 is 11.3 Å². The number of thiazole rings is 1. The number of phenols is 1. The first-order valence-corrected chi connectivity index (χ1v) is 8.15. The Hall–Kier alpha value is -2.66. The van der Waals surface area contributed by atoms with Crippen molar-refractivity contribution in [1.82, 2.24) is 14.4 Å². The van der Waals surface area contributed by atoms with Crippen LogP contribution in [0.4, 0.5) is 0 Å². The molecule has 1 aromatic carbocycles. The van der Waals surface area contributed by atoms with Crippen LogP contribution in [0.3, 0.4) is 0 Å². The van der Waals surface area contributed by atoms with E-state index in [1.807, 2.05) is 43.3 Å². The molecule has 0 fully saturated rings. The number of hydrogen-bond donors (Lipinski definition) is 1. The lowest BCUT2D eigenvalue weighted by atomic mass is 10.2. The number of pyridine rings is 1. The molecular formula is C18H15N3OS. The fraction of sp³-hybridized carbons (Fsp3) is 0.111. The molecule has 0 unspecified atom stereocenters.